The molecule has 2 aromatic carbocycles. The van der Waals surface area contributed by atoms with Crippen LogP contribution in [0.1, 0.15) is 37.8 Å². The van der Waals surface area contributed by atoms with Crippen molar-refractivity contribution in [2.75, 3.05) is 13.9 Å². The molecule has 0 aromatic heterocycles. The molecule has 0 saturated heterocycles. The average molecular weight is 384 g/mol. The van der Waals surface area contributed by atoms with E-state index >= 15 is 0 Å². The zero-order valence-corrected chi connectivity index (χ0v) is 16.2. The van der Waals surface area contributed by atoms with Gasteiger partial charge < -0.3 is 9.47 Å². The number of para-hydroxylation sites is 1. The van der Waals surface area contributed by atoms with Crippen LogP contribution in [0.5, 0.6) is 5.75 Å². The topological polar surface area (TPSA) is 18.5 Å². The van der Waals surface area contributed by atoms with Crippen molar-refractivity contribution in [3.05, 3.63) is 59.7 Å². The zero-order chi connectivity index (χ0) is 19.2. The molecule has 0 amide bonds. The number of rotatable bonds is 8. The molecule has 0 fully saturated rings. The lowest BCUT2D eigenvalue weighted by atomic mass is 9.92. The Morgan fingerprint density at radius 1 is 0.885 bits per heavy atom. The zero-order valence-electron chi connectivity index (χ0n) is 15.2. The van der Waals surface area contributed by atoms with Crippen molar-refractivity contribution in [2.45, 2.75) is 38.0 Å². The van der Waals surface area contributed by atoms with Gasteiger partial charge in [-0.05, 0) is 30.3 Å². The van der Waals surface area contributed by atoms with Gasteiger partial charge in [-0.1, -0.05) is 58.8 Å². The largest absolute Gasteiger partial charge is 0.467 e. The third kappa shape index (κ3) is 4.57. The van der Waals surface area contributed by atoms with E-state index in [-0.39, 0.29) is 15.4 Å². The first kappa shape index (κ1) is 20.7. The molecule has 0 aliphatic heterocycles. The number of ether oxygens (including phenoxy) is 2. The summed E-state index contributed by atoms with van der Waals surface area (Å²) in [4.78, 5) is 0. The molecule has 0 saturated carbocycles. The third-order valence-electron chi connectivity index (χ3n) is 4.55. The fourth-order valence-corrected chi connectivity index (χ4v) is 4.83. The second kappa shape index (κ2) is 8.88. The molecule has 2 aromatic rings. The molecule has 6 heteroatoms. The van der Waals surface area contributed by atoms with Gasteiger partial charge in [0.25, 0.3) is 0 Å². The van der Waals surface area contributed by atoms with Crippen LogP contribution in [0.3, 0.4) is 0 Å². The van der Waals surface area contributed by atoms with Gasteiger partial charge in [-0.25, -0.2) is 0 Å². The van der Waals surface area contributed by atoms with Gasteiger partial charge in [0.1, 0.15) is 5.75 Å². The summed E-state index contributed by atoms with van der Waals surface area (Å²) >= 11 is 0. The molecular weight excluding hydrogens is 360 g/mol. The second-order valence-corrected chi connectivity index (χ2v) is 7.75. The van der Waals surface area contributed by atoms with E-state index in [4.69, 9.17) is 9.47 Å². The molecule has 0 bridgehead atoms. The third-order valence-corrected chi connectivity index (χ3v) is 6.71. The smallest absolute Gasteiger partial charge is 0.417 e. The number of methoxy groups -OCH3 is 1. The molecule has 142 valence electrons. The number of hydrogen-bond donors (Lipinski definition) is 0. The van der Waals surface area contributed by atoms with Crippen molar-refractivity contribution >= 4 is 13.9 Å². The van der Waals surface area contributed by atoms with Gasteiger partial charge in [0.2, 0.25) is 0 Å². The summed E-state index contributed by atoms with van der Waals surface area (Å²) < 4.78 is 51.0. The highest BCUT2D eigenvalue weighted by atomic mass is 31.1. The maximum absolute atomic E-state index is 13.4. The summed E-state index contributed by atoms with van der Waals surface area (Å²) in [6.07, 6.45) is -2.94. The van der Waals surface area contributed by atoms with Gasteiger partial charge in [0, 0.05) is 17.8 Å². The van der Waals surface area contributed by atoms with Crippen molar-refractivity contribution in [1.82, 2.24) is 0 Å². The van der Waals surface area contributed by atoms with Crippen LogP contribution in [0, 0.1) is 0 Å². The molecule has 2 rings (SSSR count). The lowest BCUT2D eigenvalue weighted by molar-refractivity contribution is -0.136. The first-order valence-electron chi connectivity index (χ1n) is 8.53. The monoisotopic (exact) mass is 384 g/mol. The Bertz CT molecular complexity index is 712. The maximum atomic E-state index is 13.4. The van der Waals surface area contributed by atoms with E-state index in [2.05, 4.69) is 0 Å². The minimum absolute atomic E-state index is 0.0236. The molecule has 0 N–H and O–H groups in total. The average Bonchev–Trinajstić information content (AvgIpc) is 2.64. The van der Waals surface area contributed by atoms with Crippen LogP contribution < -0.4 is 10.0 Å². The van der Waals surface area contributed by atoms with Crippen LogP contribution >= 0.6 is 8.58 Å². The Hall–Kier alpha value is -1.58. The summed E-state index contributed by atoms with van der Waals surface area (Å²) in [5, 5.41) is -0.0867. The summed E-state index contributed by atoms with van der Waals surface area (Å²) in [5.74, 6) is 0.662. The van der Waals surface area contributed by atoms with Gasteiger partial charge in [0.15, 0.2) is 6.79 Å². The van der Waals surface area contributed by atoms with E-state index in [1.807, 2.05) is 38.1 Å². The number of benzene rings is 2. The highest BCUT2D eigenvalue weighted by Gasteiger charge is 2.37. The Kier molecular flexibility index (Phi) is 7.08. The predicted octanol–water partition coefficient (Wildman–Crippen LogP) is 5.71. The van der Waals surface area contributed by atoms with Crippen molar-refractivity contribution in [3.8, 4) is 5.75 Å². The van der Waals surface area contributed by atoms with Gasteiger partial charge in [-0.15, -0.1) is 0 Å². The van der Waals surface area contributed by atoms with Crippen LogP contribution in [0.4, 0.5) is 13.2 Å². The molecular formula is C20H24F3O2P. The van der Waals surface area contributed by atoms with E-state index in [0.29, 0.717) is 23.9 Å². The normalized spacial score (nSPS) is 12.7. The molecule has 26 heavy (non-hydrogen) atoms. The van der Waals surface area contributed by atoms with E-state index in [0.717, 1.165) is 11.6 Å². The number of alkyl halides is 3. The molecule has 0 spiro atoms. The number of hydrogen-bond acceptors (Lipinski definition) is 2. The highest BCUT2D eigenvalue weighted by molar-refractivity contribution is 7.48. The van der Waals surface area contributed by atoms with Crippen LogP contribution in [-0.4, -0.2) is 13.9 Å². The van der Waals surface area contributed by atoms with Crippen LogP contribution in [0.2, 0.25) is 0 Å². The van der Waals surface area contributed by atoms with Crippen molar-refractivity contribution in [3.63, 3.8) is 0 Å². The second-order valence-electron chi connectivity index (χ2n) is 6.00. The van der Waals surface area contributed by atoms with Gasteiger partial charge in [-0.3, -0.25) is 0 Å². The van der Waals surface area contributed by atoms with E-state index in [1.54, 1.807) is 12.1 Å². The highest BCUT2D eigenvalue weighted by Crippen LogP contribution is 2.51. The molecule has 1 unspecified atom stereocenters. The Balaban J connectivity index is 2.50. The molecule has 1 atom stereocenters. The van der Waals surface area contributed by atoms with Crippen LogP contribution in [0.15, 0.2) is 48.5 Å². The standard InChI is InChI=1S/C20H24F3O2P/c1-4-19(5-2,15-10-6-8-12-17(15)25-14-24-3)26-18-13-9-7-11-16(18)20(21,22)23/h6-13,26H,4-5,14H2,1-3H3. The fraction of sp³-hybridized carbons (Fsp3) is 0.400. The lowest BCUT2D eigenvalue weighted by Crippen LogP contribution is -2.26. The molecule has 0 heterocycles. The van der Waals surface area contributed by atoms with Crippen molar-refractivity contribution in [2.24, 2.45) is 0 Å². The van der Waals surface area contributed by atoms with E-state index in [1.165, 1.54) is 13.2 Å². The molecule has 0 aliphatic rings. The first-order chi connectivity index (χ1) is 12.4. The first-order valence-corrected chi connectivity index (χ1v) is 9.53. The Labute approximate surface area is 154 Å². The predicted molar refractivity (Wildman–Crippen MR) is 101 cm³/mol. The van der Waals surface area contributed by atoms with Crippen LogP contribution in [0.25, 0.3) is 0 Å². The van der Waals surface area contributed by atoms with E-state index < -0.39 is 16.9 Å². The van der Waals surface area contributed by atoms with E-state index in [9.17, 15) is 13.2 Å². The Morgan fingerprint density at radius 2 is 1.46 bits per heavy atom. The van der Waals surface area contributed by atoms with Crippen LogP contribution in [-0.2, 0) is 16.1 Å². The summed E-state index contributed by atoms with van der Waals surface area (Å²) in [6, 6.07) is 13.4. The maximum Gasteiger partial charge on any atom is 0.417 e. The van der Waals surface area contributed by atoms with Crippen molar-refractivity contribution < 1.29 is 22.6 Å². The number of halogens is 3. The summed E-state index contributed by atoms with van der Waals surface area (Å²) in [7, 11) is 1.51. The SMILES string of the molecule is CCC(CC)(Pc1ccccc1C(F)(F)F)c1ccccc1OCOC. The van der Waals surface area contributed by atoms with Crippen molar-refractivity contribution in [1.29, 1.82) is 0 Å². The minimum atomic E-state index is -4.36. The van der Waals surface area contributed by atoms with Gasteiger partial charge in [0.05, 0.1) is 5.56 Å². The van der Waals surface area contributed by atoms with Gasteiger partial charge >= 0.3 is 6.18 Å². The quantitative estimate of drug-likeness (QED) is 0.429. The summed E-state index contributed by atoms with van der Waals surface area (Å²) in [5.41, 5.74) is 0.372. The fourth-order valence-electron chi connectivity index (χ4n) is 3.08. The lowest BCUT2D eigenvalue weighted by Gasteiger charge is -2.34. The molecule has 2 nitrogen and oxygen atoms in total. The Morgan fingerprint density at radius 3 is 2.04 bits per heavy atom. The summed E-state index contributed by atoms with van der Waals surface area (Å²) in [6.45, 7) is 4.13. The minimum Gasteiger partial charge on any atom is -0.467 e. The molecule has 0 radical (unpaired) electrons. The molecule has 0 aliphatic carbocycles. The van der Waals surface area contributed by atoms with Gasteiger partial charge in [-0.2, -0.15) is 13.2 Å².